The molecule has 0 aromatic heterocycles. The number of rotatable bonds is 8. The maximum atomic E-state index is 12.3. The summed E-state index contributed by atoms with van der Waals surface area (Å²) in [7, 11) is 4.09. The summed E-state index contributed by atoms with van der Waals surface area (Å²) in [5.74, 6) is 0.825. The van der Waals surface area contributed by atoms with E-state index in [9.17, 15) is 4.79 Å². The molecule has 1 fully saturated rings. The predicted octanol–water partition coefficient (Wildman–Crippen LogP) is 2.01. The van der Waals surface area contributed by atoms with Gasteiger partial charge in [0.25, 0.3) is 0 Å². The van der Waals surface area contributed by atoms with Crippen molar-refractivity contribution in [3.63, 3.8) is 0 Å². The first-order chi connectivity index (χ1) is 9.53. The van der Waals surface area contributed by atoms with E-state index in [1.807, 2.05) is 14.1 Å². The Morgan fingerprint density at radius 2 is 1.95 bits per heavy atom. The number of allylic oxidation sites excluding steroid dienone is 4. The van der Waals surface area contributed by atoms with Gasteiger partial charge >= 0.3 is 5.91 Å². The predicted molar refractivity (Wildman–Crippen MR) is 81.6 cm³/mol. The number of hydrogen-bond acceptors (Lipinski definition) is 3. The summed E-state index contributed by atoms with van der Waals surface area (Å²) in [6.45, 7) is 6.38. The SMILES string of the molecule is CCN1CN1CCC[N+](C)(C)C(=O)CCC1C=CC=C1. The van der Waals surface area contributed by atoms with Gasteiger partial charge in [-0.05, 0) is 12.3 Å². The summed E-state index contributed by atoms with van der Waals surface area (Å²) in [5, 5.41) is 4.67. The van der Waals surface area contributed by atoms with Crippen LogP contribution in [-0.4, -0.2) is 60.8 Å². The van der Waals surface area contributed by atoms with Gasteiger partial charge in [-0.2, -0.15) is 0 Å². The first-order valence-electron chi connectivity index (χ1n) is 7.74. The van der Waals surface area contributed by atoms with Crippen molar-refractivity contribution in [2.75, 3.05) is 40.4 Å². The van der Waals surface area contributed by atoms with Crippen LogP contribution in [0.5, 0.6) is 0 Å². The van der Waals surface area contributed by atoms with E-state index in [4.69, 9.17) is 0 Å². The molecular formula is C16H28N3O+. The van der Waals surface area contributed by atoms with Crippen LogP contribution in [0.1, 0.15) is 26.2 Å². The highest BCUT2D eigenvalue weighted by Crippen LogP contribution is 2.18. The summed E-state index contributed by atoms with van der Waals surface area (Å²) in [5.41, 5.74) is 0. The van der Waals surface area contributed by atoms with Crippen LogP contribution in [0, 0.1) is 5.92 Å². The molecule has 2 rings (SSSR count). The van der Waals surface area contributed by atoms with Crippen molar-refractivity contribution in [2.24, 2.45) is 5.92 Å². The summed E-state index contributed by atoms with van der Waals surface area (Å²) in [6.07, 6.45) is 11.2. The van der Waals surface area contributed by atoms with Crippen molar-refractivity contribution in [1.29, 1.82) is 0 Å². The molecule has 2 aliphatic rings. The highest BCUT2D eigenvalue weighted by Gasteiger charge is 2.30. The fourth-order valence-corrected chi connectivity index (χ4v) is 2.71. The monoisotopic (exact) mass is 278 g/mol. The Balaban J connectivity index is 1.64. The number of nitrogens with zero attached hydrogens (tertiary/aromatic N) is 3. The largest absolute Gasteiger partial charge is 0.313 e. The average Bonchev–Trinajstić information content (AvgIpc) is 2.97. The van der Waals surface area contributed by atoms with Crippen molar-refractivity contribution in [3.05, 3.63) is 24.3 Å². The van der Waals surface area contributed by atoms with Gasteiger partial charge in [0.15, 0.2) is 0 Å². The highest BCUT2D eigenvalue weighted by atomic mass is 16.2. The number of hydrazine groups is 1. The molecule has 1 heterocycles. The van der Waals surface area contributed by atoms with Crippen LogP contribution in [0.15, 0.2) is 24.3 Å². The zero-order valence-electron chi connectivity index (χ0n) is 13.1. The van der Waals surface area contributed by atoms with E-state index in [0.29, 0.717) is 22.7 Å². The second-order valence-corrected chi connectivity index (χ2v) is 6.32. The Morgan fingerprint density at radius 1 is 1.25 bits per heavy atom. The van der Waals surface area contributed by atoms with Crippen LogP contribution in [0.4, 0.5) is 0 Å². The van der Waals surface area contributed by atoms with Gasteiger partial charge in [0.05, 0.1) is 33.7 Å². The summed E-state index contributed by atoms with van der Waals surface area (Å²) in [4.78, 5) is 12.3. The molecule has 4 heteroatoms. The van der Waals surface area contributed by atoms with E-state index in [2.05, 4.69) is 41.2 Å². The van der Waals surface area contributed by atoms with Gasteiger partial charge < -0.3 is 0 Å². The lowest BCUT2D eigenvalue weighted by atomic mass is 10.0. The number of carbonyl (C=O) groups excluding carboxylic acids is 1. The minimum absolute atomic E-state index is 0.358. The van der Waals surface area contributed by atoms with Crippen LogP contribution in [0.2, 0.25) is 0 Å². The van der Waals surface area contributed by atoms with Crippen LogP contribution in [0.25, 0.3) is 0 Å². The molecule has 4 nitrogen and oxygen atoms in total. The van der Waals surface area contributed by atoms with E-state index in [1.165, 1.54) is 0 Å². The number of carbonyl (C=O) groups is 1. The van der Waals surface area contributed by atoms with Crippen molar-refractivity contribution < 1.29 is 9.28 Å². The second-order valence-electron chi connectivity index (χ2n) is 6.32. The van der Waals surface area contributed by atoms with Crippen molar-refractivity contribution in [1.82, 2.24) is 10.0 Å². The maximum Gasteiger partial charge on any atom is 0.313 e. The van der Waals surface area contributed by atoms with Crippen LogP contribution in [-0.2, 0) is 4.79 Å². The maximum absolute atomic E-state index is 12.3. The van der Waals surface area contributed by atoms with Gasteiger partial charge in [-0.15, -0.1) is 0 Å². The summed E-state index contributed by atoms with van der Waals surface area (Å²) in [6, 6.07) is 0. The number of hydrogen-bond donors (Lipinski definition) is 0. The standard InChI is InChI=1S/C16H28N3O/c1-4-17-14-18(17)12-7-13-19(2,3)16(20)11-10-15-8-5-6-9-15/h5-6,8-9,15H,4,7,10-14H2,1-3H3/q+1. The molecular weight excluding hydrogens is 250 g/mol. The van der Waals surface area contributed by atoms with Gasteiger partial charge in [-0.1, -0.05) is 31.2 Å². The molecule has 0 N–H and O–H groups in total. The van der Waals surface area contributed by atoms with E-state index in [1.54, 1.807) is 0 Å². The van der Waals surface area contributed by atoms with Gasteiger partial charge in [0.2, 0.25) is 0 Å². The molecule has 2 atom stereocenters. The van der Waals surface area contributed by atoms with Crippen molar-refractivity contribution in [2.45, 2.75) is 26.2 Å². The number of quaternary nitrogens is 1. The molecule has 1 saturated heterocycles. The minimum Gasteiger partial charge on any atom is -0.265 e. The molecule has 1 aliphatic heterocycles. The van der Waals surface area contributed by atoms with Gasteiger partial charge in [0, 0.05) is 19.5 Å². The molecule has 0 aromatic rings. The smallest absolute Gasteiger partial charge is 0.265 e. The first-order valence-corrected chi connectivity index (χ1v) is 7.74. The Hall–Kier alpha value is -0.970. The zero-order chi connectivity index (χ0) is 14.6. The molecule has 0 saturated carbocycles. The van der Waals surface area contributed by atoms with Crippen molar-refractivity contribution in [3.8, 4) is 0 Å². The molecule has 1 amide bonds. The highest BCUT2D eigenvalue weighted by molar-refractivity contribution is 5.68. The zero-order valence-corrected chi connectivity index (χ0v) is 13.1. The normalized spacial score (nSPS) is 25.4. The lowest BCUT2D eigenvalue weighted by Crippen LogP contribution is -2.46. The summed E-state index contributed by atoms with van der Waals surface area (Å²) >= 11 is 0. The number of amides is 1. The van der Waals surface area contributed by atoms with E-state index in [-0.39, 0.29) is 0 Å². The Morgan fingerprint density at radius 3 is 2.55 bits per heavy atom. The van der Waals surface area contributed by atoms with E-state index in [0.717, 1.165) is 39.1 Å². The topological polar surface area (TPSA) is 23.1 Å². The van der Waals surface area contributed by atoms with Gasteiger partial charge in [-0.25, -0.2) is 14.8 Å². The van der Waals surface area contributed by atoms with Gasteiger partial charge in [0.1, 0.15) is 0 Å². The van der Waals surface area contributed by atoms with Crippen LogP contribution in [0.3, 0.4) is 0 Å². The van der Waals surface area contributed by atoms with Crippen molar-refractivity contribution >= 4 is 5.91 Å². The van der Waals surface area contributed by atoms with Crippen LogP contribution < -0.4 is 0 Å². The van der Waals surface area contributed by atoms with Gasteiger partial charge in [-0.3, -0.25) is 4.48 Å². The quantitative estimate of drug-likeness (QED) is 0.501. The first kappa shape index (κ1) is 15.4. The molecule has 1 aliphatic carbocycles. The fraction of sp³-hybridized carbons (Fsp3) is 0.688. The third-order valence-electron chi connectivity index (χ3n) is 4.33. The molecule has 0 radical (unpaired) electrons. The van der Waals surface area contributed by atoms with Crippen LogP contribution >= 0.6 is 0 Å². The molecule has 20 heavy (non-hydrogen) atoms. The Bertz CT molecular complexity index is 389. The third kappa shape index (κ3) is 4.27. The molecule has 0 spiro atoms. The summed E-state index contributed by atoms with van der Waals surface area (Å²) < 4.78 is 0.514. The molecule has 0 aromatic carbocycles. The molecule has 112 valence electrons. The molecule has 2 unspecified atom stereocenters. The lowest BCUT2D eigenvalue weighted by molar-refractivity contribution is -0.814. The lowest BCUT2D eigenvalue weighted by Gasteiger charge is -2.27. The minimum atomic E-state index is 0.358. The average molecular weight is 278 g/mol. The van der Waals surface area contributed by atoms with E-state index < -0.39 is 0 Å². The fourth-order valence-electron chi connectivity index (χ4n) is 2.71. The third-order valence-corrected chi connectivity index (χ3v) is 4.33. The Kier molecular flexibility index (Phi) is 5.13. The Labute approximate surface area is 122 Å². The second kappa shape index (κ2) is 6.66. The van der Waals surface area contributed by atoms with E-state index >= 15 is 0 Å². The molecule has 0 bridgehead atoms.